The number of nitro benzene ring substituents is 1. The number of aryl methyl sites for hydroxylation is 2. The number of nitro groups is 1. The van der Waals surface area contributed by atoms with Gasteiger partial charge in [-0.05, 0) is 43.2 Å². The summed E-state index contributed by atoms with van der Waals surface area (Å²) in [5.74, 6) is -0.679. The number of benzene rings is 2. The number of nitrogens with zero attached hydrogens (tertiary/aromatic N) is 3. The number of halogens is 1. The number of piperazine rings is 1. The summed E-state index contributed by atoms with van der Waals surface area (Å²) in [5, 5.41) is 11.2. The smallest absolute Gasteiger partial charge is 0.295 e. The zero-order valence-corrected chi connectivity index (χ0v) is 15.9. The lowest BCUT2D eigenvalue weighted by Crippen LogP contribution is -2.49. The third kappa shape index (κ3) is 3.79. The summed E-state index contributed by atoms with van der Waals surface area (Å²) in [4.78, 5) is 12.6. The van der Waals surface area contributed by atoms with Gasteiger partial charge in [0.2, 0.25) is 10.0 Å². The minimum absolute atomic E-state index is 0.199. The fourth-order valence-electron chi connectivity index (χ4n) is 3.20. The van der Waals surface area contributed by atoms with Gasteiger partial charge in [0.05, 0.1) is 15.9 Å². The molecule has 3 rings (SSSR count). The Labute approximate surface area is 157 Å². The average molecular weight is 393 g/mol. The summed E-state index contributed by atoms with van der Waals surface area (Å²) in [6, 6.07) is 8.71. The van der Waals surface area contributed by atoms with E-state index in [1.807, 2.05) is 13.0 Å². The van der Waals surface area contributed by atoms with E-state index in [0.717, 1.165) is 11.6 Å². The van der Waals surface area contributed by atoms with Crippen molar-refractivity contribution in [2.45, 2.75) is 18.7 Å². The van der Waals surface area contributed by atoms with Crippen LogP contribution in [0.1, 0.15) is 11.1 Å². The molecular formula is C18H20FN3O4S. The predicted molar refractivity (Wildman–Crippen MR) is 99.9 cm³/mol. The molecule has 1 fully saturated rings. The number of hydrogen-bond acceptors (Lipinski definition) is 5. The molecule has 1 aliphatic heterocycles. The van der Waals surface area contributed by atoms with Gasteiger partial charge >= 0.3 is 0 Å². The standard InChI is InChI=1S/C18H20FN3O4S/c1-13-3-4-14(2)18(11-13)27(25,26)21-9-7-20(8-10-21)16-6-5-15(19)12-17(16)22(23)24/h3-6,11-12H,7-10H2,1-2H3. The van der Waals surface area contributed by atoms with Crippen molar-refractivity contribution in [3.63, 3.8) is 0 Å². The molecule has 0 saturated carbocycles. The first-order valence-corrected chi connectivity index (χ1v) is 9.90. The molecule has 27 heavy (non-hydrogen) atoms. The fraction of sp³-hybridized carbons (Fsp3) is 0.333. The molecule has 0 spiro atoms. The van der Waals surface area contributed by atoms with E-state index in [1.165, 1.54) is 16.4 Å². The molecule has 0 unspecified atom stereocenters. The van der Waals surface area contributed by atoms with Crippen molar-refractivity contribution >= 4 is 21.4 Å². The third-order valence-electron chi connectivity index (χ3n) is 4.67. The molecular weight excluding hydrogens is 373 g/mol. The van der Waals surface area contributed by atoms with Gasteiger partial charge in [0.1, 0.15) is 11.5 Å². The van der Waals surface area contributed by atoms with Crippen LogP contribution in [0.4, 0.5) is 15.8 Å². The largest absolute Gasteiger partial charge is 0.363 e. The molecule has 0 aliphatic carbocycles. The highest BCUT2D eigenvalue weighted by Gasteiger charge is 2.31. The van der Waals surface area contributed by atoms with Crippen molar-refractivity contribution in [1.29, 1.82) is 0 Å². The van der Waals surface area contributed by atoms with Crippen LogP contribution in [-0.4, -0.2) is 43.8 Å². The Bertz CT molecular complexity index is 986. The first kappa shape index (κ1) is 19.2. The average Bonchev–Trinajstić information content (AvgIpc) is 2.63. The van der Waals surface area contributed by atoms with E-state index >= 15 is 0 Å². The normalized spacial score (nSPS) is 15.7. The summed E-state index contributed by atoms with van der Waals surface area (Å²) in [7, 11) is -3.64. The minimum atomic E-state index is -3.64. The van der Waals surface area contributed by atoms with Gasteiger partial charge in [0, 0.05) is 26.2 Å². The van der Waals surface area contributed by atoms with E-state index in [2.05, 4.69) is 0 Å². The van der Waals surface area contributed by atoms with Gasteiger partial charge in [-0.1, -0.05) is 12.1 Å². The SMILES string of the molecule is Cc1ccc(C)c(S(=O)(=O)N2CCN(c3ccc(F)cc3[N+](=O)[O-])CC2)c1. The van der Waals surface area contributed by atoms with E-state index in [0.29, 0.717) is 11.3 Å². The summed E-state index contributed by atoms with van der Waals surface area (Å²) >= 11 is 0. The molecule has 1 saturated heterocycles. The van der Waals surface area contributed by atoms with Gasteiger partial charge < -0.3 is 4.90 Å². The van der Waals surface area contributed by atoms with Gasteiger partial charge in [-0.2, -0.15) is 4.31 Å². The number of hydrogen-bond donors (Lipinski definition) is 0. The first-order chi connectivity index (χ1) is 12.7. The van der Waals surface area contributed by atoms with Crippen molar-refractivity contribution in [3.05, 3.63) is 63.5 Å². The molecule has 0 atom stereocenters. The zero-order valence-electron chi connectivity index (χ0n) is 15.1. The Hall–Kier alpha value is -2.52. The van der Waals surface area contributed by atoms with Crippen LogP contribution in [0.15, 0.2) is 41.3 Å². The van der Waals surface area contributed by atoms with Gasteiger partial charge in [0.15, 0.2) is 0 Å². The van der Waals surface area contributed by atoms with Crippen LogP contribution in [0, 0.1) is 29.8 Å². The van der Waals surface area contributed by atoms with Crippen molar-refractivity contribution in [3.8, 4) is 0 Å². The highest BCUT2D eigenvalue weighted by molar-refractivity contribution is 7.89. The van der Waals surface area contributed by atoms with E-state index in [1.54, 1.807) is 24.0 Å². The molecule has 1 heterocycles. The Balaban J connectivity index is 1.82. The van der Waals surface area contributed by atoms with Crippen LogP contribution in [-0.2, 0) is 10.0 Å². The van der Waals surface area contributed by atoms with Crippen LogP contribution in [0.2, 0.25) is 0 Å². The number of rotatable bonds is 4. The lowest BCUT2D eigenvalue weighted by Gasteiger charge is -2.35. The lowest BCUT2D eigenvalue weighted by molar-refractivity contribution is -0.384. The molecule has 7 nitrogen and oxygen atoms in total. The number of anilines is 1. The summed E-state index contributed by atoms with van der Waals surface area (Å²) < 4.78 is 40.7. The second kappa shape index (κ2) is 7.24. The highest BCUT2D eigenvalue weighted by atomic mass is 32.2. The monoisotopic (exact) mass is 393 g/mol. The van der Waals surface area contributed by atoms with E-state index in [4.69, 9.17) is 0 Å². The summed E-state index contributed by atoms with van der Waals surface area (Å²) in [6.07, 6.45) is 0. The van der Waals surface area contributed by atoms with Crippen LogP contribution in [0.5, 0.6) is 0 Å². The van der Waals surface area contributed by atoms with Crippen LogP contribution < -0.4 is 4.90 Å². The topological polar surface area (TPSA) is 83.8 Å². The van der Waals surface area contributed by atoms with E-state index < -0.39 is 20.8 Å². The molecule has 0 N–H and O–H groups in total. The zero-order chi connectivity index (χ0) is 19.8. The van der Waals surface area contributed by atoms with Crippen LogP contribution in [0.3, 0.4) is 0 Å². The second-order valence-corrected chi connectivity index (χ2v) is 8.46. The van der Waals surface area contributed by atoms with Gasteiger partial charge in [-0.25, -0.2) is 12.8 Å². The van der Waals surface area contributed by atoms with Crippen molar-refractivity contribution in [2.24, 2.45) is 0 Å². The molecule has 9 heteroatoms. The molecule has 144 valence electrons. The number of sulfonamides is 1. The Kier molecular flexibility index (Phi) is 5.16. The lowest BCUT2D eigenvalue weighted by atomic mass is 10.2. The summed E-state index contributed by atoms with van der Waals surface area (Å²) in [6.45, 7) is 4.57. The Morgan fingerprint density at radius 2 is 1.70 bits per heavy atom. The molecule has 0 amide bonds. The first-order valence-electron chi connectivity index (χ1n) is 8.46. The predicted octanol–water partition coefficient (Wildman–Crippen LogP) is 2.86. The Morgan fingerprint density at radius 3 is 2.33 bits per heavy atom. The third-order valence-corrected chi connectivity index (χ3v) is 6.72. The minimum Gasteiger partial charge on any atom is -0.363 e. The second-order valence-electron chi connectivity index (χ2n) is 6.55. The van der Waals surface area contributed by atoms with Crippen LogP contribution >= 0.6 is 0 Å². The maximum Gasteiger partial charge on any atom is 0.295 e. The molecule has 1 aliphatic rings. The fourth-order valence-corrected chi connectivity index (χ4v) is 4.94. The van der Waals surface area contributed by atoms with E-state index in [-0.39, 0.29) is 36.8 Å². The van der Waals surface area contributed by atoms with E-state index in [9.17, 15) is 22.9 Å². The maximum absolute atomic E-state index is 13.3. The molecule has 0 aromatic heterocycles. The Morgan fingerprint density at radius 1 is 1.04 bits per heavy atom. The maximum atomic E-state index is 13.3. The summed E-state index contributed by atoms with van der Waals surface area (Å²) in [5.41, 5.74) is 1.52. The molecule has 2 aromatic rings. The molecule has 0 radical (unpaired) electrons. The molecule has 0 bridgehead atoms. The van der Waals surface area contributed by atoms with Crippen molar-refractivity contribution in [1.82, 2.24) is 4.31 Å². The molecule has 2 aromatic carbocycles. The van der Waals surface area contributed by atoms with Crippen LogP contribution in [0.25, 0.3) is 0 Å². The van der Waals surface area contributed by atoms with Crippen molar-refractivity contribution < 1.29 is 17.7 Å². The van der Waals surface area contributed by atoms with Crippen molar-refractivity contribution in [2.75, 3.05) is 31.1 Å². The van der Waals surface area contributed by atoms with Gasteiger partial charge in [-0.15, -0.1) is 0 Å². The highest BCUT2D eigenvalue weighted by Crippen LogP contribution is 2.30. The van der Waals surface area contributed by atoms with Gasteiger partial charge in [-0.3, -0.25) is 10.1 Å². The quantitative estimate of drug-likeness (QED) is 0.589. The van der Waals surface area contributed by atoms with Gasteiger partial charge in [0.25, 0.3) is 5.69 Å².